The fraction of sp³-hybridized carbons (Fsp3) is 0.241. The molecule has 0 aromatic heterocycles. The molecule has 1 fully saturated rings. The van der Waals surface area contributed by atoms with E-state index in [0.29, 0.717) is 18.6 Å². The number of carbonyl (C=O) groups excluding carboxylic acids is 2. The van der Waals surface area contributed by atoms with Gasteiger partial charge < -0.3 is 18.9 Å². The number of benzene rings is 3. The smallest absolute Gasteiger partial charge is 0.458 e. The van der Waals surface area contributed by atoms with Crippen molar-refractivity contribution < 1.29 is 37.8 Å². The Labute approximate surface area is 219 Å². The summed E-state index contributed by atoms with van der Waals surface area (Å²) >= 11 is 0. The summed E-state index contributed by atoms with van der Waals surface area (Å²) in [6, 6.07) is 25.3. The van der Waals surface area contributed by atoms with Crippen LogP contribution < -0.4 is 14.2 Å². The molecule has 1 aliphatic heterocycles. The summed E-state index contributed by atoms with van der Waals surface area (Å²) in [5.41, 5.74) is 0. The highest BCUT2D eigenvalue weighted by Gasteiger charge is 2.32. The van der Waals surface area contributed by atoms with E-state index in [-0.39, 0.29) is 24.5 Å². The maximum absolute atomic E-state index is 14.5. The van der Waals surface area contributed by atoms with Gasteiger partial charge in [0.25, 0.3) is 6.36 Å². The zero-order valence-corrected chi connectivity index (χ0v) is 20.4. The van der Waals surface area contributed by atoms with Crippen molar-refractivity contribution in [2.45, 2.75) is 37.8 Å². The van der Waals surface area contributed by atoms with E-state index in [2.05, 4.69) is 11.8 Å². The van der Waals surface area contributed by atoms with Gasteiger partial charge in [-0.15, -0.1) is 5.06 Å². The first-order valence-corrected chi connectivity index (χ1v) is 12.1. The normalized spacial score (nSPS) is 16.9. The van der Waals surface area contributed by atoms with Gasteiger partial charge in [0.15, 0.2) is 0 Å². The highest BCUT2D eigenvalue weighted by molar-refractivity contribution is 5.72. The second kappa shape index (κ2) is 13.7. The van der Waals surface area contributed by atoms with Gasteiger partial charge in [-0.2, -0.15) is 4.39 Å². The molecule has 38 heavy (non-hydrogen) atoms. The number of nitrogens with zero attached hydrogens (tertiary/aromatic N) is 1. The minimum Gasteiger partial charge on any atom is -0.458 e. The van der Waals surface area contributed by atoms with Crippen LogP contribution in [0.4, 0.5) is 14.0 Å². The highest BCUT2D eigenvalue weighted by atomic mass is 19.1. The van der Waals surface area contributed by atoms with Gasteiger partial charge in [-0.3, -0.25) is 4.84 Å². The van der Waals surface area contributed by atoms with Gasteiger partial charge in [0, 0.05) is 6.42 Å². The Morgan fingerprint density at radius 2 is 1.45 bits per heavy atom. The van der Waals surface area contributed by atoms with Crippen molar-refractivity contribution in [1.29, 1.82) is 0 Å². The van der Waals surface area contributed by atoms with Gasteiger partial charge in [-0.05, 0) is 49.2 Å². The van der Waals surface area contributed by atoms with Gasteiger partial charge >= 0.3 is 12.2 Å². The van der Waals surface area contributed by atoms with Crippen molar-refractivity contribution in [3.8, 4) is 29.1 Å². The summed E-state index contributed by atoms with van der Waals surface area (Å²) in [7, 11) is 0. The Hall–Kier alpha value is -4.55. The second-order valence-electron chi connectivity index (χ2n) is 8.13. The summed E-state index contributed by atoms with van der Waals surface area (Å²) in [4.78, 5) is 30.0. The molecule has 0 radical (unpaired) electrons. The Morgan fingerprint density at radius 3 is 2.08 bits per heavy atom. The maximum atomic E-state index is 14.5. The van der Waals surface area contributed by atoms with E-state index in [1.165, 1.54) is 0 Å². The molecule has 9 heteroatoms. The third-order valence-electron chi connectivity index (χ3n) is 5.32. The molecule has 1 heterocycles. The molecule has 4 rings (SSSR count). The van der Waals surface area contributed by atoms with Crippen LogP contribution in [0.15, 0.2) is 91.0 Å². The third-order valence-corrected chi connectivity index (χ3v) is 5.32. The molecule has 1 unspecified atom stereocenters. The number of rotatable bonds is 7. The Kier molecular flexibility index (Phi) is 9.54. The van der Waals surface area contributed by atoms with Crippen LogP contribution in [0.5, 0.6) is 17.2 Å². The van der Waals surface area contributed by atoms with Gasteiger partial charge in [0.1, 0.15) is 29.5 Å². The SMILES string of the molecule is O=C(Oc1ccccc1)ON(CCC#C[C@@H]1CC[C@@H](C(F)Oc2ccccc2)O1)C(=O)Oc1ccccc1. The van der Waals surface area contributed by atoms with Crippen LogP contribution in [0, 0.1) is 11.8 Å². The Morgan fingerprint density at radius 1 is 0.868 bits per heavy atom. The minimum absolute atomic E-state index is 0.0957. The van der Waals surface area contributed by atoms with E-state index in [0.717, 1.165) is 5.06 Å². The summed E-state index contributed by atoms with van der Waals surface area (Å²) in [5.74, 6) is 6.76. The van der Waals surface area contributed by atoms with Crippen LogP contribution >= 0.6 is 0 Å². The van der Waals surface area contributed by atoms with E-state index in [1.54, 1.807) is 84.9 Å². The van der Waals surface area contributed by atoms with Gasteiger partial charge in [-0.1, -0.05) is 66.4 Å². The first kappa shape index (κ1) is 26.5. The fourth-order valence-electron chi connectivity index (χ4n) is 3.52. The zero-order chi connectivity index (χ0) is 26.6. The number of hydrogen-bond donors (Lipinski definition) is 0. The highest BCUT2D eigenvalue weighted by Crippen LogP contribution is 2.25. The van der Waals surface area contributed by atoms with Crippen LogP contribution in [-0.2, 0) is 9.57 Å². The molecule has 196 valence electrons. The lowest BCUT2D eigenvalue weighted by molar-refractivity contribution is -0.0880. The van der Waals surface area contributed by atoms with Crippen LogP contribution in [0.2, 0.25) is 0 Å². The summed E-state index contributed by atoms with van der Waals surface area (Å²) in [6.07, 6.45) is -3.73. The van der Waals surface area contributed by atoms with Gasteiger partial charge in [0.05, 0.1) is 6.54 Å². The van der Waals surface area contributed by atoms with E-state index >= 15 is 0 Å². The molecule has 0 saturated carbocycles. The van der Waals surface area contributed by atoms with E-state index in [1.807, 2.05) is 6.07 Å². The number of hydroxylamine groups is 2. The Balaban J connectivity index is 1.30. The van der Waals surface area contributed by atoms with Gasteiger partial charge in [-0.25, -0.2) is 9.59 Å². The van der Waals surface area contributed by atoms with Crippen molar-refractivity contribution in [3.05, 3.63) is 91.0 Å². The third kappa shape index (κ3) is 8.25. The molecule has 8 nitrogen and oxygen atoms in total. The summed E-state index contributed by atoms with van der Waals surface area (Å²) in [6.45, 7) is -0.0957. The molecule has 0 bridgehead atoms. The average Bonchev–Trinajstić information content (AvgIpc) is 3.41. The minimum atomic E-state index is -1.61. The fourth-order valence-corrected chi connectivity index (χ4v) is 3.52. The van der Waals surface area contributed by atoms with E-state index in [9.17, 15) is 14.0 Å². The first-order valence-electron chi connectivity index (χ1n) is 12.1. The monoisotopic (exact) mass is 519 g/mol. The van der Waals surface area contributed by atoms with Crippen molar-refractivity contribution in [2.24, 2.45) is 0 Å². The van der Waals surface area contributed by atoms with Crippen LogP contribution in [0.1, 0.15) is 19.3 Å². The predicted octanol–water partition coefficient (Wildman–Crippen LogP) is 5.93. The summed E-state index contributed by atoms with van der Waals surface area (Å²) < 4.78 is 35.8. The molecule has 1 aliphatic rings. The number of para-hydroxylation sites is 3. The van der Waals surface area contributed by atoms with Crippen molar-refractivity contribution in [1.82, 2.24) is 5.06 Å². The number of ether oxygens (including phenoxy) is 4. The van der Waals surface area contributed by atoms with E-state index in [4.69, 9.17) is 23.8 Å². The average molecular weight is 520 g/mol. The largest absolute Gasteiger partial charge is 0.539 e. The number of alkyl halides is 1. The number of halogens is 1. The maximum Gasteiger partial charge on any atom is 0.539 e. The molecule has 3 atom stereocenters. The second-order valence-corrected chi connectivity index (χ2v) is 8.13. The zero-order valence-electron chi connectivity index (χ0n) is 20.4. The molecule has 0 N–H and O–H groups in total. The van der Waals surface area contributed by atoms with Crippen LogP contribution in [-0.4, -0.2) is 42.4 Å². The van der Waals surface area contributed by atoms with Crippen LogP contribution in [0.3, 0.4) is 0 Å². The standard InChI is InChI=1S/C29H26FNO7/c30-27(35-22-12-4-1-5-13-22)26-20-19-25(34-26)18-10-11-21-31(28(32)36-23-14-6-2-7-15-23)38-29(33)37-24-16-8-3-9-17-24/h1-9,12-17,25-27H,11,19-21H2/t25-,26+,27?/m1/s1. The van der Waals surface area contributed by atoms with Crippen molar-refractivity contribution in [2.75, 3.05) is 6.54 Å². The lowest BCUT2D eigenvalue weighted by atomic mass is 10.2. The lowest BCUT2D eigenvalue weighted by Gasteiger charge is -2.19. The lowest BCUT2D eigenvalue weighted by Crippen LogP contribution is -2.37. The molecule has 0 aliphatic carbocycles. The molecule has 1 saturated heterocycles. The number of carbonyl (C=O) groups is 2. The molecule has 1 amide bonds. The first-order chi connectivity index (χ1) is 18.6. The molecule has 3 aromatic carbocycles. The quantitative estimate of drug-likeness (QED) is 0.165. The number of hydrogen-bond acceptors (Lipinski definition) is 7. The summed E-state index contributed by atoms with van der Waals surface area (Å²) in [5, 5.41) is 0.733. The molecular weight excluding hydrogens is 493 g/mol. The predicted molar refractivity (Wildman–Crippen MR) is 135 cm³/mol. The molecule has 0 spiro atoms. The van der Waals surface area contributed by atoms with Crippen LogP contribution in [0.25, 0.3) is 0 Å². The van der Waals surface area contributed by atoms with E-state index < -0.39 is 30.8 Å². The van der Waals surface area contributed by atoms with Gasteiger partial charge in [0.2, 0.25) is 0 Å². The Bertz CT molecular complexity index is 1230. The molecule has 3 aromatic rings. The number of amides is 1. The topological polar surface area (TPSA) is 83.5 Å². The molecular formula is C29H26FNO7. The van der Waals surface area contributed by atoms with Crippen molar-refractivity contribution >= 4 is 12.2 Å². The van der Waals surface area contributed by atoms with Crippen molar-refractivity contribution in [3.63, 3.8) is 0 Å².